The number of unbranched alkanes of at least 4 members (excludes halogenated alkanes) is 2. The van der Waals surface area contributed by atoms with Crippen LogP contribution in [-0.4, -0.2) is 36.5 Å². The maximum atomic E-state index is 12.3. The summed E-state index contributed by atoms with van der Waals surface area (Å²) in [5.41, 5.74) is 0.181. The van der Waals surface area contributed by atoms with E-state index in [2.05, 4.69) is 30.7 Å². The van der Waals surface area contributed by atoms with E-state index in [-0.39, 0.29) is 17.1 Å². The highest BCUT2D eigenvalue weighted by atomic mass is 16.6. The van der Waals surface area contributed by atoms with Crippen LogP contribution in [0.3, 0.4) is 0 Å². The minimum atomic E-state index is -1.25. The predicted octanol–water partition coefficient (Wildman–Crippen LogP) is 4.68. The van der Waals surface area contributed by atoms with Crippen LogP contribution in [-0.2, 0) is 23.9 Å². The lowest BCUT2D eigenvalue weighted by atomic mass is 9.84. The lowest BCUT2D eigenvalue weighted by Gasteiger charge is -2.22. The zero-order valence-electron chi connectivity index (χ0n) is 18.2. The van der Waals surface area contributed by atoms with Gasteiger partial charge in [-0.2, -0.15) is 0 Å². The predicted molar refractivity (Wildman–Crippen MR) is 111 cm³/mol. The Hall–Kier alpha value is -1.95. The molecule has 1 N–H and O–H groups in total. The van der Waals surface area contributed by atoms with E-state index in [1.165, 1.54) is 13.0 Å². The summed E-state index contributed by atoms with van der Waals surface area (Å²) >= 11 is 0. The third-order valence-electron chi connectivity index (χ3n) is 5.45. The summed E-state index contributed by atoms with van der Waals surface area (Å²) in [6, 6.07) is 0. The highest BCUT2D eigenvalue weighted by Crippen LogP contribution is 2.35. The maximum absolute atomic E-state index is 12.3. The Bertz CT molecular complexity index is 617. The first-order valence-corrected chi connectivity index (χ1v) is 10.5. The number of Topliss-reactive ketones (excluding diaryl/α,β-unsaturated/α-hetero) is 1. The molecule has 0 bridgehead atoms. The van der Waals surface area contributed by atoms with Crippen LogP contribution in [0.25, 0.3) is 0 Å². The molecule has 1 rings (SSSR count). The van der Waals surface area contributed by atoms with E-state index in [1.807, 2.05) is 0 Å². The van der Waals surface area contributed by atoms with Crippen molar-refractivity contribution in [1.29, 1.82) is 0 Å². The number of esters is 1. The Kier molecular flexibility index (Phi) is 10.9. The van der Waals surface area contributed by atoms with Gasteiger partial charge in [-0.25, -0.2) is 4.79 Å². The number of methoxy groups -OCH3 is 1. The van der Waals surface area contributed by atoms with E-state index in [4.69, 9.17) is 9.84 Å². The molecular weight excluding hydrogens is 372 g/mol. The smallest absolute Gasteiger partial charge is 0.371 e. The summed E-state index contributed by atoms with van der Waals surface area (Å²) in [7, 11) is 1.72. The number of carboxylic acid groups (broad SMARTS) is 1. The fourth-order valence-corrected chi connectivity index (χ4v) is 3.65. The topological polar surface area (TPSA) is 89.9 Å². The van der Waals surface area contributed by atoms with Gasteiger partial charge in [-0.3, -0.25) is 9.59 Å². The van der Waals surface area contributed by atoms with Crippen molar-refractivity contribution in [2.24, 2.45) is 17.3 Å². The number of rotatable bonds is 13. The Labute approximate surface area is 174 Å². The summed E-state index contributed by atoms with van der Waals surface area (Å²) in [6.07, 6.45) is 12.3. The number of carboxylic acids is 1. The van der Waals surface area contributed by atoms with Crippen molar-refractivity contribution in [3.63, 3.8) is 0 Å². The van der Waals surface area contributed by atoms with Gasteiger partial charge in [-0.1, -0.05) is 32.4 Å². The number of ketones is 1. The number of ether oxygens (including phenoxy) is 2. The van der Waals surface area contributed by atoms with Crippen molar-refractivity contribution in [3.8, 4) is 0 Å². The summed E-state index contributed by atoms with van der Waals surface area (Å²) in [6.45, 7) is 6.38. The van der Waals surface area contributed by atoms with Crippen LogP contribution in [0.5, 0.6) is 0 Å². The zero-order chi connectivity index (χ0) is 21.9. The van der Waals surface area contributed by atoms with Gasteiger partial charge in [-0.05, 0) is 55.9 Å². The van der Waals surface area contributed by atoms with Gasteiger partial charge in [0.1, 0.15) is 5.78 Å². The average molecular weight is 409 g/mol. The Balaban J connectivity index is 2.47. The SMILES string of the molecule is COCCC(C)(C)C/C=C/[C@H]1CCC(=O)[C@@H]1CCCC/C=C(\OC(C)=O)C(=O)O. The molecule has 1 saturated carbocycles. The van der Waals surface area contributed by atoms with E-state index in [0.717, 1.165) is 45.1 Å². The van der Waals surface area contributed by atoms with E-state index < -0.39 is 11.9 Å². The molecule has 0 unspecified atom stereocenters. The molecule has 1 fully saturated rings. The molecule has 0 heterocycles. The molecule has 0 aromatic carbocycles. The van der Waals surface area contributed by atoms with Gasteiger partial charge in [0.15, 0.2) is 0 Å². The van der Waals surface area contributed by atoms with Crippen molar-refractivity contribution in [2.75, 3.05) is 13.7 Å². The van der Waals surface area contributed by atoms with E-state index in [9.17, 15) is 14.4 Å². The summed E-state index contributed by atoms with van der Waals surface area (Å²) in [4.78, 5) is 34.2. The first-order chi connectivity index (χ1) is 13.7. The lowest BCUT2D eigenvalue weighted by molar-refractivity contribution is -0.146. The molecule has 0 spiro atoms. The lowest BCUT2D eigenvalue weighted by Crippen LogP contribution is -2.15. The Morgan fingerprint density at radius 2 is 2.00 bits per heavy atom. The second kappa shape index (κ2) is 12.6. The van der Waals surface area contributed by atoms with Gasteiger partial charge < -0.3 is 14.6 Å². The van der Waals surface area contributed by atoms with E-state index >= 15 is 0 Å². The minimum Gasteiger partial charge on any atom is -0.475 e. The second-order valence-corrected chi connectivity index (χ2v) is 8.57. The van der Waals surface area contributed by atoms with Gasteiger partial charge in [0.25, 0.3) is 0 Å². The van der Waals surface area contributed by atoms with E-state index in [0.29, 0.717) is 24.5 Å². The largest absolute Gasteiger partial charge is 0.475 e. The average Bonchev–Trinajstić information content (AvgIpc) is 2.98. The van der Waals surface area contributed by atoms with Crippen molar-refractivity contribution < 1.29 is 29.0 Å². The molecule has 2 atom stereocenters. The highest BCUT2D eigenvalue weighted by Gasteiger charge is 2.32. The molecule has 6 heteroatoms. The first kappa shape index (κ1) is 25.1. The number of carbonyl (C=O) groups is 3. The van der Waals surface area contributed by atoms with Crippen LogP contribution in [0, 0.1) is 17.3 Å². The number of allylic oxidation sites excluding steroid dienone is 3. The fraction of sp³-hybridized carbons (Fsp3) is 0.696. The molecule has 1 aliphatic carbocycles. The van der Waals surface area contributed by atoms with Crippen molar-refractivity contribution in [1.82, 2.24) is 0 Å². The molecule has 6 nitrogen and oxygen atoms in total. The Morgan fingerprint density at radius 3 is 2.62 bits per heavy atom. The van der Waals surface area contributed by atoms with E-state index in [1.54, 1.807) is 7.11 Å². The van der Waals surface area contributed by atoms with Gasteiger partial charge in [0.05, 0.1) is 0 Å². The molecule has 0 radical (unpaired) electrons. The normalized spacial score (nSPS) is 20.4. The molecule has 0 aliphatic heterocycles. The quantitative estimate of drug-likeness (QED) is 0.156. The van der Waals surface area contributed by atoms with Gasteiger partial charge in [0.2, 0.25) is 5.76 Å². The molecule has 0 aromatic rings. The molecule has 164 valence electrons. The van der Waals surface area contributed by atoms with Gasteiger partial charge in [-0.15, -0.1) is 0 Å². The molecule has 29 heavy (non-hydrogen) atoms. The van der Waals surface area contributed by atoms with Crippen LogP contribution in [0.4, 0.5) is 0 Å². The van der Waals surface area contributed by atoms with Crippen LogP contribution in [0.2, 0.25) is 0 Å². The highest BCUT2D eigenvalue weighted by molar-refractivity contribution is 5.87. The number of hydrogen-bond donors (Lipinski definition) is 1. The molecule has 0 aromatic heterocycles. The molecule has 1 aliphatic rings. The van der Waals surface area contributed by atoms with Gasteiger partial charge >= 0.3 is 11.9 Å². The first-order valence-electron chi connectivity index (χ1n) is 10.5. The number of carbonyl (C=O) groups excluding carboxylic acids is 2. The molecule has 0 saturated heterocycles. The molecule has 0 amide bonds. The van der Waals surface area contributed by atoms with Crippen molar-refractivity contribution in [3.05, 3.63) is 24.0 Å². The monoisotopic (exact) mass is 408 g/mol. The Morgan fingerprint density at radius 1 is 1.28 bits per heavy atom. The van der Waals surface area contributed by atoms with Crippen LogP contribution >= 0.6 is 0 Å². The third-order valence-corrected chi connectivity index (χ3v) is 5.45. The minimum absolute atomic E-state index is 0.0599. The number of hydrogen-bond acceptors (Lipinski definition) is 5. The van der Waals surface area contributed by atoms with Crippen molar-refractivity contribution in [2.45, 2.75) is 72.1 Å². The maximum Gasteiger partial charge on any atom is 0.371 e. The van der Waals surface area contributed by atoms with Gasteiger partial charge in [0, 0.05) is 33.0 Å². The summed E-state index contributed by atoms with van der Waals surface area (Å²) in [5, 5.41) is 9.00. The third kappa shape index (κ3) is 9.88. The zero-order valence-corrected chi connectivity index (χ0v) is 18.2. The second-order valence-electron chi connectivity index (χ2n) is 8.57. The summed E-state index contributed by atoms with van der Waals surface area (Å²) < 4.78 is 9.84. The van der Waals surface area contributed by atoms with Crippen LogP contribution < -0.4 is 0 Å². The molecular formula is C23H36O6. The van der Waals surface area contributed by atoms with Crippen molar-refractivity contribution >= 4 is 17.7 Å². The van der Waals surface area contributed by atoms with Crippen LogP contribution in [0.1, 0.15) is 72.1 Å². The summed E-state index contributed by atoms with van der Waals surface area (Å²) in [5.74, 6) is -1.53. The number of aliphatic carboxylic acids is 1. The van der Waals surface area contributed by atoms with Crippen LogP contribution in [0.15, 0.2) is 24.0 Å². The fourth-order valence-electron chi connectivity index (χ4n) is 3.65. The standard InChI is InChI=1S/C23H36O6/c1-17(24)29-21(22(26)27)11-7-5-6-10-19-18(12-13-20(19)25)9-8-14-23(2,3)15-16-28-4/h8-9,11,18-19H,5-7,10,12-16H2,1-4H3,(H,26,27)/b9-8+,21-11-/t18-,19+/m0/s1.